The Kier molecular flexibility index (Phi) is 8.57. The lowest BCUT2D eigenvalue weighted by Gasteiger charge is -2.25. The molecule has 0 aliphatic carbocycles. The van der Waals surface area contributed by atoms with Crippen LogP contribution in [0.1, 0.15) is 12.0 Å². The first kappa shape index (κ1) is 25.7. The third-order valence-electron chi connectivity index (χ3n) is 5.89. The number of rotatable bonds is 3. The molecule has 3 N–H and O–H groups in total. The van der Waals surface area contributed by atoms with Gasteiger partial charge in [-0.05, 0) is 18.6 Å². The highest BCUT2D eigenvalue weighted by atomic mass is 35.5. The number of aliphatic imine (C=N–C) groups is 1. The number of hydrogen-bond acceptors (Lipinski definition) is 9. The summed E-state index contributed by atoms with van der Waals surface area (Å²) in [6.45, 7) is 3.38. The molecule has 2 aromatic heterocycles. The number of carbonyl (C=O) groups excluding carboxylic acids is 1. The van der Waals surface area contributed by atoms with Crippen LogP contribution in [0.25, 0.3) is 11.0 Å². The van der Waals surface area contributed by atoms with Crippen LogP contribution in [-0.4, -0.2) is 102 Å². The zero-order valence-corrected chi connectivity index (χ0v) is 21.1. The summed E-state index contributed by atoms with van der Waals surface area (Å²) in [5.74, 6) is 0.999. The van der Waals surface area contributed by atoms with E-state index in [1.165, 1.54) is 6.33 Å². The third-order valence-corrected chi connectivity index (χ3v) is 6.20. The van der Waals surface area contributed by atoms with Gasteiger partial charge in [0.25, 0.3) is 0 Å². The molecule has 36 heavy (non-hydrogen) atoms. The minimum atomic E-state index is -0.0601. The summed E-state index contributed by atoms with van der Waals surface area (Å²) in [6.07, 6.45) is 3.69. The number of hydrogen-bond donors (Lipinski definition) is 3. The van der Waals surface area contributed by atoms with Gasteiger partial charge in [-0.1, -0.05) is 11.6 Å². The van der Waals surface area contributed by atoms with Crippen molar-refractivity contribution in [2.75, 3.05) is 65.4 Å². The molecule has 4 rings (SSSR count). The smallest absolute Gasteiger partial charge is 0.236 e. The molecule has 1 aliphatic heterocycles. The van der Waals surface area contributed by atoms with Crippen LogP contribution < -0.4 is 10.1 Å². The molecule has 1 amide bonds. The van der Waals surface area contributed by atoms with Crippen molar-refractivity contribution in [3.05, 3.63) is 35.1 Å². The molecule has 0 spiro atoms. The fourth-order valence-electron chi connectivity index (χ4n) is 3.85. The van der Waals surface area contributed by atoms with Gasteiger partial charge in [0, 0.05) is 52.6 Å². The summed E-state index contributed by atoms with van der Waals surface area (Å²) < 4.78 is 11.1. The highest BCUT2D eigenvalue weighted by Crippen LogP contribution is 2.32. The maximum Gasteiger partial charge on any atom is 0.236 e. The van der Waals surface area contributed by atoms with Crippen LogP contribution in [0.5, 0.6) is 11.6 Å². The van der Waals surface area contributed by atoms with Gasteiger partial charge in [0.05, 0.1) is 34.8 Å². The molecule has 0 fully saturated rings. The number of amides is 1. The Morgan fingerprint density at radius 1 is 1.28 bits per heavy atom. The number of aromatic hydroxyl groups is 1. The minimum absolute atomic E-state index is 0.0136. The van der Waals surface area contributed by atoms with Gasteiger partial charge < -0.3 is 29.8 Å². The SMILES string of the molecule is COCCN1CCOc2cc(ccc2Cl)N=Cc2c(O)[nH]c3ncnc(c23)NCCCN(C)C(=O)C1. The number of nitrogens with zero attached hydrogens (tertiary/aromatic N) is 5. The van der Waals surface area contributed by atoms with Crippen LogP contribution in [-0.2, 0) is 9.53 Å². The van der Waals surface area contributed by atoms with Crippen molar-refractivity contribution in [3.63, 3.8) is 0 Å². The Morgan fingerprint density at radius 2 is 2.14 bits per heavy atom. The van der Waals surface area contributed by atoms with Gasteiger partial charge in [-0.15, -0.1) is 0 Å². The van der Waals surface area contributed by atoms with E-state index < -0.39 is 0 Å². The number of likely N-dealkylation sites (N-methyl/N-ethyl adjacent to an activating group) is 1. The molecule has 2 bridgehead atoms. The number of anilines is 1. The van der Waals surface area contributed by atoms with E-state index >= 15 is 0 Å². The molecule has 0 radical (unpaired) electrons. The Balaban J connectivity index is 1.65. The second-order valence-corrected chi connectivity index (χ2v) is 8.83. The summed E-state index contributed by atoms with van der Waals surface area (Å²) >= 11 is 6.35. The number of benzene rings is 1. The van der Waals surface area contributed by atoms with Gasteiger partial charge >= 0.3 is 0 Å². The number of methoxy groups -OCH3 is 1. The average molecular weight is 516 g/mol. The predicted octanol–water partition coefficient (Wildman–Crippen LogP) is 2.67. The average Bonchev–Trinajstić information content (AvgIpc) is 3.19. The Hall–Kier alpha value is -3.41. The van der Waals surface area contributed by atoms with Crippen LogP contribution in [0.3, 0.4) is 0 Å². The molecule has 1 aromatic carbocycles. The monoisotopic (exact) mass is 515 g/mol. The van der Waals surface area contributed by atoms with E-state index in [2.05, 4.69) is 25.3 Å². The summed E-state index contributed by atoms with van der Waals surface area (Å²) in [5.41, 5.74) is 1.55. The third kappa shape index (κ3) is 6.23. The summed E-state index contributed by atoms with van der Waals surface area (Å²) in [4.78, 5) is 32.5. The summed E-state index contributed by atoms with van der Waals surface area (Å²) in [6, 6.07) is 5.19. The van der Waals surface area contributed by atoms with Crippen molar-refractivity contribution in [1.82, 2.24) is 24.8 Å². The Bertz CT molecular complexity index is 1230. The zero-order valence-electron chi connectivity index (χ0n) is 20.3. The number of carbonyl (C=O) groups is 1. The van der Waals surface area contributed by atoms with Gasteiger partial charge in [-0.3, -0.25) is 14.7 Å². The molecule has 0 saturated carbocycles. The summed E-state index contributed by atoms with van der Waals surface area (Å²) in [5, 5.41) is 14.9. The van der Waals surface area contributed by atoms with Crippen molar-refractivity contribution >= 4 is 46.3 Å². The van der Waals surface area contributed by atoms with Crippen LogP contribution >= 0.6 is 11.6 Å². The number of aromatic nitrogens is 3. The molecule has 0 atom stereocenters. The van der Waals surface area contributed by atoms with Crippen molar-refractivity contribution in [2.24, 2.45) is 4.99 Å². The second-order valence-electron chi connectivity index (χ2n) is 8.42. The van der Waals surface area contributed by atoms with Gasteiger partial charge in [-0.25, -0.2) is 9.97 Å². The van der Waals surface area contributed by atoms with E-state index in [9.17, 15) is 9.90 Å². The molecular weight excluding hydrogens is 486 g/mol. The normalized spacial score (nSPS) is 16.2. The molecule has 1 aliphatic rings. The quantitative estimate of drug-likeness (QED) is 0.485. The van der Waals surface area contributed by atoms with E-state index in [0.717, 1.165) is 0 Å². The van der Waals surface area contributed by atoms with Crippen molar-refractivity contribution in [3.8, 4) is 11.6 Å². The van der Waals surface area contributed by atoms with Crippen molar-refractivity contribution < 1.29 is 19.4 Å². The fraction of sp³-hybridized carbons (Fsp3) is 0.417. The first-order valence-corrected chi connectivity index (χ1v) is 12.0. The maximum absolute atomic E-state index is 12.8. The standard InChI is InChI=1S/C24H30ClN7O4/c1-31-7-3-6-26-22-21-17(24(34)30-23(21)29-15-28-22)13-27-16-4-5-18(25)19(12-16)36-11-9-32(8-10-35-2)14-20(31)33/h4-5,12-13,15,34H,3,6-11,14H2,1-2H3,(H2,26,28,29,30). The molecule has 12 heteroatoms. The maximum atomic E-state index is 12.8. The van der Waals surface area contributed by atoms with E-state index in [-0.39, 0.29) is 18.3 Å². The Morgan fingerprint density at radius 3 is 2.97 bits per heavy atom. The van der Waals surface area contributed by atoms with Gasteiger partial charge in [0.1, 0.15) is 30.1 Å². The Labute approximate surface area is 214 Å². The predicted molar refractivity (Wildman–Crippen MR) is 139 cm³/mol. The number of halogens is 1. The molecule has 0 saturated heterocycles. The number of ether oxygens (including phenoxy) is 2. The number of aromatic amines is 1. The van der Waals surface area contributed by atoms with Gasteiger partial charge in [0.2, 0.25) is 5.91 Å². The fourth-order valence-corrected chi connectivity index (χ4v) is 4.02. The number of fused-ring (bicyclic) bond motifs is 2. The lowest BCUT2D eigenvalue weighted by atomic mass is 10.2. The minimum Gasteiger partial charge on any atom is -0.494 e. The zero-order chi connectivity index (χ0) is 25.5. The van der Waals surface area contributed by atoms with E-state index in [0.29, 0.717) is 84.7 Å². The largest absolute Gasteiger partial charge is 0.494 e. The first-order chi connectivity index (χ1) is 17.5. The van der Waals surface area contributed by atoms with Crippen molar-refractivity contribution in [2.45, 2.75) is 6.42 Å². The number of H-pyrrole nitrogens is 1. The molecule has 192 valence electrons. The summed E-state index contributed by atoms with van der Waals surface area (Å²) in [7, 11) is 3.43. The molecule has 3 aromatic rings. The van der Waals surface area contributed by atoms with E-state index in [1.807, 2.05) is 4.90 Å². The lowest BCUT2D eigenvalue weighted by Crippen LogP contribution is -2.42. The highest BCUT2D eigenvalue weighted by molar-refractivity contribution is 6.32. The lowest BCUT2D eigenvalue weighted by molar-refractivity contribution is -0.131. The molecule has 3 heterocycles. The first-order valence-electron chi connectivity index (χ1n) is 11.7. The molecule has 0 unspecified atom stereocenters. The van der Waals surface area contributed by atoms with Crippen LogP contribution in [0.4, 0.5) is 11.5 Å². The van der Waals surface area contributed by atoms with E-state index in [1.54, 1.807) is 43.5 Å². The topological polar surface area (TPSA) is 128 Å². The molecule has 11 nitrogen and oxygen atoms in total. The second kappa shape index (κ2) is 12.0. The van der Waals surface area contributed by atoms with Crippen LogP contribution in [0.2, 0.25) is 5.02 Å². The van der Waals surface area contributed by atoms with E-state index in [4.69, 9.17) is 21.1 Å². The molecular formula is C24H30ClN7O4. The van der Waals surface area contributed by atoms with Crippen LogP contribution in [0.15, 0.2) is 29.5 Å². The van der Waals surface area contributed by atoms with Gasteiger partial charge in [0.15, 0.2) is 5.88 Å². The van der Waals surface area contributed by atoms with Crippen molar-refractivity contribution in [1.29, 1.82) is 0 Å². The van der Waals surface area contributed by atoms with Gasteiger partial charge in [-0.2, -0.15) is 0 Å². The number of nitrogens with one attached hydrogen (secondary N) is 2. The highest BCUT2D eigenvalue weighted by Gasteiger charge is 2.17. The van der Waals surface area contributed by atoms with Crippen LogP contribution in [0, 0.1) is 0 Å².